The number of rotatable bonds is 7. The highest BCUT2D eigenvalue weighted by Gasteiger charge is 2.04. The third-order valence-electron chi connectivity index (χ3n) is 2.45. The first-order chi connectivity index (χ1) is 7.80. The van der Waals surface area contributed by atoms with E-state index in [-0.39, 0.29) is 6.61 Å². The van der Waals surface area contributed by atoms with Crippen molar-refractivity contribution in [3.63, 3.8) is 0 Å². The molecule has 0 atom stereocenters. The highest BCUT2D eigenvalue weighted by molar-refractivity contribution is 5.42. The maximum atomic E-state index is 8.91. The van der Waals surface area contributed by atoms with Crippen molar-refractivity contribution in [2.75, 3.05) is 31.6 Å². The lowest BCUT2D eigenvalue weighted by molar-refractivity contribution is 0.195. The number of aliphatic hydroxyl groups is 1. The first kappa shape index (κ1) is 12.9. The summed E-state index contributed by atoms with van der Waals surface area (Å²) in [6.07, 6.45) is 1.82. The third-order valence-corrected chi connectivity index (χ3v) is 2.45. The average molecular weight is 223 g/mol. The van der Waals surface area contributed by atoms with Crippen LogP contribution in [0.2, 0.25) is 0 Å². The van der Waals surface area contributed by atoms with Gasteiger partial charge in [-0.05, 0) is 25.6 Å². The van der Waals surface area contributed by atoms with E-state index in [2.05, 4.69) is 35.1 Å². The number of hydrogen-bond acceptors (Lipinski definition) is 4. The molecule has 4 heteroatoms. The second-order valence-electron chi connectivity index (χ2n) is 3.66. The molecule has 1 aromatic rings. The largest absolute Gasteiger partial charge is 0.395 e. The standard InChI is InChI=1S/C12H21N3O/c1-3-13-11-5-6-14-12(9-11)10-15(4-2)7-8-16/h5-6,9,16H,3-4,7-8,10H2,1-2H3,(H,13,14). The number of aliphatic hydroxyl groups excluding tert-OH is 1. The predicted octanol–water partition coefficient (Wildman–Crippen LogP) is 1.33. The quantitative estimate of drug-likeness (QED) is 0.732. The van der Waals surface area contributed by atoms with Gasteiger partial charge in [0.05, 0.1) is 12.3 Å². The van der Waals surface area contributed by atoms with Crippen LogP contribution in [-0.4, -0.2) is 41.2 Å². The highest BCUT2D eigenvalue weighted by Crippen LogP contribution is 2.09. The zero-order valence-corrected chi connectivity index (χ0v) is 10.1. The minimum absolute atomic E-state index is 0.195. The molecule has 90 valence electrons. The maximum absolute atomic E-state index is 8.91. The Morgan fingerprint density at radius 3 is 2.88 bits per heavy atom. The maximum Gasteiger partial charge on any atom is 0.0564 e. The SMILES string of the molecule is CCNc1ccnc(CN(CC)CCO)c1. The Balaban J connectivity index is 2.60. The molecule has 0 fully saturated rings. The van der Waals surface area contributed by atoms with E-state index < -0.39 is 0 Å². The molecule has 0 aromatic carbocycles. The summed E-state index contributed by atoms with van der Waals surface area (Å²) in [5.41, 5.74) is 2.14. The van der Waals surface area contributed by atoms with Crippen LogP contribution in [-0.2, 0) is 6.54 Å². The summed E-state index contributed by atoms with van der Waals surface area (Å²) in [4.78, 5) is 6.49. The van der Waals surface area contributed by atoms with E-state index in [4.69, 9.17) is 5.11 Å². The fourth-order valence-corrected chi connectivity index (χ4v) is 1.60. The number of pyridine rings is 1. The van der Waals surface area contributed by atoms with Crippen molar-refractivity contribution in [2.24, 2.45) is 0 Å². The van der Waals surface area contributed by atoms with Gasteiger partial charge in [0.2, 0.25) is 0 Å². The summed E-state index contributed by atoms with van der Waals surface area (Å²) in [6.45, 7) is 7.68. The van der Waals surface area contributed by atoms with E-state index in [0.29, 0.717) is 6.54 Å². The molecule has 0 bridgehead atoms. The molecule has 0 aliphatic heterocycles. The number of nitrogens with zero attached hydrogens (tertiary/aromatic N) is 2. The molecule has 0 aliphatic carbocycles. The number of nitrogens with one attached hydrogen (secondary N) is 1. The van der Waals surface area contributed by atoms with Crippen molar-refractivity contribution in [2.45, 2.75) is 20.4 Å². The molecule has 0 radical (unpaired) electrons. The molecule has 16 heavy (non-hydrogen) atoms. The molecule has 0 unspecified atom stereocenters. The second-order valence-corrected chi connectivity index (χ2v) is 3.66. The van der Waals surface area contributed by atoms with E-state index in [9.17, 15) is 0 Å². The topological polar surface area (TPSA) is 48.4 Å². The van der Waals surface area contributed by atoms with Crippen LogP contribution in [0.15, 0.2) is 18.3 Å². The van der Waals surface area contributed by atoms with Gasteiger partial charge in [-0.3, -0.25) is 9.88 Å². The summed E-state index contributed by atoms with van der Waals surface area (Å²) >= 11 is 0. The van der Waals surface area contributed by atoms with Crippen LogP contribution in [0.5, 0.6) is 0 Å². The number of hydrogen-bond donors (Lipinski definition) is 2. The molecule has 0 spiro atoms. The van der Waals surface area contributed by atoms with Crippen LogP contribution in [0, 0.1) is 0 Å². The molecule has 1 heterocycles. The molecule has 1 rings (SSSR count). The third kappa shape index (κ3) is 4.16. The van der Waals surface area contributed by atoms with Gasteiger partial charge in [-0.25, -0.2) is 0 Å². The van der Waals surface area contributed by atoms with Crippen molar-refractivity contribution in [1.29, 1.82) is 0 Å². The lowest BCUT2D eigenvalue weighted by Gasteiger charge is -2.18. The molecule has 4 nitrogen and oxygen atoms in total. The average Bonchev–Trinajstić information content (AvgIpc) is 2.29. The fraction of sp³-hybridized carbons (Fsp3) is 0.583. The predicted molar refractivity (Wildman–Crippen MR) is 66.4 cm³/mol. The van der Waals surface area contributed by atoms with Crippen molar-refractivity contribution in [3.8, 4) is 0 Å². The summed E-state index contributed by atoms with van der Waals surface area (Å²) in [5.74, 6) is 0. The van der Waals surface area contributed by atoms with Gasteiger partial charge >= 0.3 is 0 Å². The zero-order valence-electron chi connectivity index (χ0n) is 10.1. The van der Waals surface area contributed by atoms with Gasteiger partial charge in [-0.2, -0.15) is 0 Å². The summed E-state index contributed by atoms with van der Waals surface area (Å²) in [5, 5.41) is 12.2. The van der Waals surface area contributed by atoms with E-state index in [0.717, 1.165) is 31.0 Å². The Kier molecular flexibility index (Phi) is 5.82. The Bertz CT molecular complexity index is 304. The van der Waals surface area contributed by atoms with Gasteiger partial charge in [0, 0.05) is 31.5 Å². The van der Waals surface area contributed by atoms with Gasteiger partial charge in [0.25, 0.3) is 0 Å². The van der Waals surface area contributed by atoms with E-state index in [1.807, 2.05) is 12.3 Å². The molecular formula is C12H21N3O. The molecule has 2 N–H and O–H groups in total. The minimum Gasteiger partial charge on any atom is -0.395 e. The Morgan fingerprint density at radius 1 is 1.44 bits per heavy atom. The van der Waals surface area contributed by atoms with Gasteiger partial charge < -0.3 is 10.4 Å². The van der Waals surface area contributed by atoms with Crippen LogP contribution >= 0.6 is 0 Å². The van der Waals surface area contributed by atoms with Crippen molar-refractivity contribution in [1.82, 2.24) is 9.88 Å². The van der Waals surface area contributed by atoms with Gasteiger partial charge in [-0.1, -0.05) is 6.92 Å². The molecule has 0 saturated carbocycles. The normalized spacial score (nSPS) is 10.8. The van der Waals surface area contributed by atoms with Crippen LogP contribution in [0.25, 0.3) is 0 Å². The highest BCUT2D eigenvalue weighted by atomic mass is 16.3. The van der Waals surface area contributed by atoms with Crippen LogP contribution < -0.4 is 5.32 Å². The molecule has 0 saturated heterocycles. The molecule has 1 aromatic heterocycles. The Morgan fingerprint density at radius 2 is 2.25 bits per heavy atom. The van der Waals surface area contributed by atoms with Gasteiger partial charge in [0.1, 0.15) is 0 Å². The number of likely N-dealkylation sites (N-methyl/N-ethyl adjacent to an activating group) is 1. The summed E-state index contributed by atoms with van der Waals surface area (Å²) in [7, 11) is 0. The van der Waals surface area contributed by atoms with Crippen LogP contribution in [0.3, 0.4) is 0 Å². The molecular weight excluding hydrogens is 202 g/mol. The van der Waals surface area contributed by atoms with Crippen molar-refractivity contribution >= 4 is 5.69 Å². The lowest BCUT2D eigenvalue weighted by Crippen LogP contribution is -2.26. The van der Waals surface area contributed by atoms with E-state index in [1.54, 1.807) is 0 Å². The zero-order chi connectivity index (χ0) is 11.8. The Labute approximate surface area is 97.3 Å². The van der Waals surface area contributed by atoms with Crippen molar-refractivity contribution < 1.29 is 5.11 Å². The molecule has 0 aliphatic rings. The summed E-state index contributed by atoms with van der Waals surface area (Å²) < 4.78 is 0. The lowest BCUT2D eigenvalue weighted by atomic mass is 10.3. The Hall–Kier alpha value is -1.13. The first-order valence-electron chi connectivity index (χ1n) is 5.82. The number of aromatic nitrogens is 1. The van der Waals surface area contributed by atoms with Crippen LogP contribution in [0.4, 0.5) is 5.69 Å². The van der Waals surface area contributed by atoms with Crippen molar-refractivity contribution in [3.05, 3.63) is 24.0 Å². The van der Waals surface area contributed by atoms with Gasteiger partial charge in [-0.15, -0.1) is 0 Å². The fourth-order valence-electron chi connectivity index (χ4n) is 1.60. The summed E-state index contributed by atoms with van der Waals surface area (Å²) in [6, 6.07) is 4.03. The second kappa shape index (κ2) is 7.19. The van der Waals surface area contributed by atoms with E-state index in [1.165, 1.54) is 0 Å². The van der Waals surface area contributed by atoms with E-state index >= 15 is 0 Å². The minimum atomic E-state index is 0.195. The van der Waals surface area contributed by atoms with Crippen LogP contribution in [0.1, 0.15) is 19.5 Å². The smallest absolute Gasteiger partial charge is 0.0564 e. The number of anilines is 1. The monoisotopic (exact) mass is 223 g/mol. The molecule has 0 amide bonds. The first-order valence-corrected chi connectivity index (χ1v) is 5.82. The van der Waals surface area contributed by atoms with Gasteiger partial charge in [0.15, 0.2) is 0 Å².